The number of ether oxygens (including phenoxy) is 1. The maximum Gasteiger partial charge on any atom is 0.159 e. The minimum Gasteiger partial charge on any atom is -0.457 e. The first-order chi connectivity index (χ1) is 18.2. The highest BCUT2D eigenvalue weighted by molar-refractivity contribution is 5.98. The van der Waals surface area contributed by atoms with Crippen LogP contribution in [0.4, 0.5) is 0 Å². The summed E-state index contributed by atoms with van der Waals surface area (Å²) in [7, 11) is 0. The van der Waals surface area contributed by atoms with E-state index in [2.05, 4.69) is 32.4 Å². The van der Waals surface area contributed by atoms with E-state index in [0.29, 0.717) is 11.4 Å². The summed E-state index contributed by atoms with van der Waals surface area (Å²) < 4.78 is 6.38. The van der Waals surface area contributed by atoms with Gasteiger partial charge in [-0.05, 0) is 65.6 Å². The molecule has 7 heteroatoms. The van der Waals surface area contributed by atoms with E-state index in [0.717, 1.165) is 53.0 Å². The third-order valence-electron chi connectivity index (χ3n) is 6.82. The second-order valence-electron chi connectivity index (χ2n) is 9.26. The molecule has 0 saturated carbocycles. The minimum atomic E-state index is -0.684. The minimum absolute atomic E-state index is 0.0811. The number of aromatic nitrogens is 3. The lowest BCUT2D eigenvalue weighted by molar-refractivity contribution is -0.119. The first-order valence-corrected chi connectivity index (χ1v) is 12.4. The van der Waals surface area contributed by atoms with Crippen molar-refractivity contribution in [2.24, 2.45) is 5.73 Å². The van der Waals surface area contributed by atoms with E-state index in [1.807, 2.05) is 60.8 Å². The van der Waals surface area contributed by atoms with Crippen LogP contribution in [0.25, 0.3) is 22.2 Å². The van der Waals surface area contributed by atoms with Crippen LogP contribution in [0.1, 0.15) is 28.4 Å². The fraction of sp³-hybridized carbons (Fsp3) is 0.167. The molecular weight excluding hydrogens is 462 g/mol. The highest BCUT2D eigenvalue weighted by Crippen LogP contribution is 2.37. The standard InChI is InChI=1S/C30H27N5O2/c31-29(20-4-2-1-3-5-20)26(36)16-23-14-21(9-12-33-23)25-18-35-30-28(25)27(10-13-34-30)37-24-7-6-19-8-11-32-17-22(19)15-24/h1-7,9-10,12-15,18,29,32H,8,11,16-17,31H2,(H,34,35). The molecule has 1 aliphatic heterocycles. The number of hydrogen-bond donors (Lipinski definition) is 3. The number of rotatable bonds is 7. The van der Waals surface area contributed by atoms with E-state index in [-0.39, 0.29) is 12.2 Å². The van der Waals surface area contributed by atoms with Gasteiger partial charge in [-0.1, -0.05) is 36.4 Å². The van der Waals surface area contributed by atoms with E-state index in [1.165, 1.54) is 11.1 Å². The number of Topliss-reactive ketones (excluding diaryl/α,β-unsaturated/α-hetero) is 1. The van der Waals surface area contributed by atoms with Crippen molar-refractivity contribution in [2.75, 3.05) is 6.54 Å². The largest absolute Gasteiger partial charge is 0.457 e. The molecule has 0 bridgehead atoms. The highest BCUT2D eigenvalue weighted by Gasteiger charge is 2.19. The maximum absolute atomic E-state index is 12.9. The number of H-pyrrole nitrogens is 1. The summed E-state index contributed by atoms with van der Waals surface area (Å²) in [5.74, 6) is 1.42. The second-order valence-corrected chi connectivity index (χ2v) is 9.26. The smallest absolute Gasteiger partial charge is 0.159 e. The van der Waals surface area contributed by atoms with E-state index < -0.39 is 6.04 Å². The van der Waals surface area contributed by atoms with Gasteiger partial charge in [-0.3, -0.25) is 9.78 Å². The van der Waals surface area contributed by atoms with Gasteiger partial charge in [0.2, 0.25) is 0 Å². The number of ketones is 1. The summed E-state index contributed by atoms with van der Waals surface area (Å²) in [5, 5.41) is 4.29. The van der Waals surface area contributed by atoms with Crippen molar-refractivity contribution in [1.82, 2.24) is 20.3 Å². The van der Waals surface area contributed by atoms with Crippen LogP contribution in [0, 0.1) is 0 Å². The molecule has 0 spiro atoms. The zero-order valence-electron chi connectivity index (χ0n) is 20.3. The fourth-order valence-corrected chi connectivity index (χ4v) is 4.86. The molecule has 184 valence electrons. The van der Waals surface area contributed by atoms with Crippen molar-refractivity contribution in [1.29, 1.82) is 0 Å². The molecule has 0 fully saturated rings. The van der Waals surface area contributed by atoms with Gasteiger partial charge in [0, 0.05) is 36.4 Å². The van der Waals surface area contributed by atoms with Crippen molar-refractivity contribution in [3.8, 4) is 22.6 Å². The van der Waals surface area contributed by atoms with Crippen LogP contribution in [0.3, 0.4) is 0 Å². The predicted octanol–water partition coefficient (Wildman–Crippen LogP) is 4.87. The number of nitrogens with zero attached hydrogens (tertiary/aromatic N) is 2. The van der Waals surface area contributed by atoms with Crippen molar-refractivity contribution in [2.45, 2.75) is 25.4 Å². The summed E-state index contributed by atoms with van der Waals surface area (Å²) in [4.78, 5) is 25.1. The Labute approximate surface area is 214 Å². The lowest BCUT2D eigenvalue weighted by Crippen LogP contribution is -2.23. The van der Waals surface area contributed by atoms with E-state index >= 15 is 0 Å². The topological polar surface area (TPSA) is 106 Å². The lowest BCUT2D eigenvalue weighted by atomic mass is 9.99. The average molecular weight is 490 g/mol. The quantitative estimate of drug-likeness (QED) is 0.301. The van der Waals surface area contributed by atoms with Gasteiger partial charge >= 0.3 is 0 Å². The average Bonchev–Trinajstić information content (AvgIpc) is 3.39. The summed E-state index contributed by atoms with van der Waals surface area (Å²) in [6, 6.07) is 20.7. The molecule has 7 nitrogen and oxygen atoms in total. The van der Waals surface area contributed by atoms with Gasteiger partial charge < -0.3 is 20.8 Å². The molecule has 2 aromatic carbocycles. The zero-order chi connectivity index (χ0) is 25.2. The number of nitrogens with two attached hydrogens (primary N) is 1. The van der Waals surface area contributed by atoms with Crippen LogP contribution in [0.2, 0.25) is 0 Å². The zero-order valence-corrected chi connectivity index (χ0v) is 20.3. The van der Waals surface area contributed by atoms with Gasteiger partial charge in [0.1, 0.15) is 17.1 Å². The number of hydrogen-bond acceptors (Lipinski definition) is 6. The Bertz CT molecular complexity index is 1580. The van der Waals surface area contributed by atoms with Crippen LogP contribution in [-0.2, 0) is 24.2 Å². The number of nitrogens with one attached hydrogen (secondary N) is 2. The molecule has 0 aliphatic carbocycles. The number of aromatic amines is 1. The molecule has 1 unspecified atom stereocenters. The molecule has 3 aromatic heterocycles. The highest BCUT2D eigenvalue weighted by atomic mass is 16.5. The Kier molecular flexibility index (Phi) is 6.22. The Morgan fingerprint density at radius 1 is 1.00 bits per heavy atom. The first-order valence-electron chi connectivity index (χ1n) is 12.4. The van der Waals surface area contributed by atoms with Crippen molar-refractivity contribution < 1.29 is 9.53 Å². The SMILES string of the molecule is NC(C(=O)Cc1cc(-c2c[nH]c3nccc(Oc4ccc5c(c4)CNCC5)c23)ccn1)c1ccccc1. The van der Waals surface area contributed by atoms with Gasteiger partial charge in [-0.2, -0.15) is 0 Å². The van der Waals surface area contributed by atoms with Crippen molar-refractivity contribution in [3.05, 3.63) is 108 Å². The third kappa shape index (κ3) is 4.74. The number of fused-ring (bicyclic) bond motifs is 2. The van der Waals surface area contributed by atoms with Gasteiger partial charge in [0.05, 0.1) is 17.8 Å². The maximum atomic E-state index is 12.9. The summed E-state index contributed by atoms with van der Waals surface area (Å²) >= 11 is 0. The number of carbonyl (C=O) groups excluding carboxylic acids is 1. The van der Waals surface area contributed by atoms with Crippen LogP contribution in [0.5, 0.6) is 11.5 Å². The summed E-state index contributed by atoms with van der Waals surface area (Å²) in [5.41, 5.74) is 12.9. The molecule has 4 N–H and O–H groups in total. The van der Waals surface area contributed by atoms with Crippen LogP contribution in [0.15, 0.2) is 85.3 Å². The molecule has 1 atom stereocenters. The molecule has 37 heavy (non-hydrogen) atoms. The molecule has 4 heterocycles. The van der Waals surface area contributed by atoms with E-state index in [1.54, 1.807) is 12.4 Å². The third-order valence-corrected chi connectivity index (χ3v) is 6.82. The normalized spacial score (nSPS) is 13.8. The van der Waals surface area contributed by atoms with Crippen molar-refractivity contribution in [3.63, 3.8) is 0 Å². The van der Waals surface area contributed by atoms with Crippen LogP contribution < -0.4 is 15.8 Å². The molecule has 0 saturated heterocycles. The lowest BCUT2D eigenvalue weighted by Gasteiger charge is -2.18. The summed E-state index contributed by atoms with van der Waals surface area (Å²) in [6.07, 6.45) is 6.55. The number of pyridine rings is 2. The monoisotopic (exact) mass is 489 g/mol. The number of carbonyl (C=O) groups is 1. The van der Waals surface area contributed by atoms with Crippen molar-refractivity contribution >= 4 is 16.8 Å². The van der Waals surface area contributed by atoms with Crippen LogP contribution in [-0.4, -0.2) is 27.3 Å². The molecule has 0 amide bonds. The fourth-order valence-electron chi connectivity index (χ4n) is 4.86. The molecule has 0 radical (unpaired) electrons. The first kappa shape index (κ1) is 23.1. The molecular formula is C30H27N5O2. The Balaban J connectivity index is 1.29. The van der Waals surface area contributed by atoms with Gasteiger partial charge in [0.25, 0.3) is 0 Å². The van der Waals surface area contributed by atoms with E-state index in [4.69, 9.17) is 10.5 Å². The van der Waals surface area contributed by atoms with Gasteiger partial charge in [-0.15, -0.1) is 0 Å². The van der Waals surface area contributed by atoms with Gasteiger partial charge in [-0.25, -0.2) is 4.98 Å². The van der Waals surface area contributed by atoms with Gasteiger partial charge in [0.15, 0.2) is 5.78 Å². The van der Waals surface area contributed by atoms with E-state index in [9.17, 15) is 4.79 Å². The summed E-state index contributed by atoms with van der Waals surface area (Å²) in [6.45, 7) is 1.85. The predicted molar refractivity (Wildman–Crippen MR) is 143 cm³/mol. The number of benzene rings is 2. The Hall–Kier alpha value is -4.33. The van der Waals surface area contributed by atoms with Crippen LogP contribution >= 0.6 is 0 Å². The Morgan fingerprint density at radius 3 is 2.76 bits per heavy atom. The molecule has 5 aromatic rings. The Morgan fingerprint density at radius 2 is 1.86 bits per heavy atom. The molecule has 1 aliphatic rings. The second kappa shape index (κ2) is 9.97. The molecule has 6 rings (SSSR count).